The Labute approximate surface area is 161 Å². The van der Waals surface area contributed by atoms with Crippen LogP contribution in [0, 0.1) is 5.82 Å². The van der Waals surface area contributed by atoms with Crippen LogP contribution in [0.15, 0.2) is 41.7 Å². The first-order valence-corrected chi connectivity index (χ1v) is 9.02. The number of ether oxygens (including phenoxy) is 1. The molecule has 2 aromatic heterocycles. The van der Waals surface area contributed by atoms with Gasteiger partial charge in [0.05, 0.1) is 18.9 Å². The Morgan fingerprint density at radius 2 is 2.14 bits per heavy atom. The summed E-state index contributed by atoms with van der Waals surface area (Å²) in [6.45, 7) is 2.95. The lowest BCUT2D eigenvalue weighted by atomic mass is 10.0. The first kappa shape index (κ1) is 18.1. The predicted octanol–water partition coefficient (Wildman–Crippen LogP) is 2.60. The van der Waals surface area contributed by atoms with E-state index in [1.165, 1.54) is 12.3 Å². The van der Waals surface area contributed by atoms with Crippen molar-refractivity contribution in [3.63, 3.8) is 0 Å². The Balaban J connectivity index is 1.80. The lowest BCUT2D eigenvalue weighted by molar-refractivity contribution is 0.122. The molecule has 0 atom stereocenters. The van der Waals surface area contributed by atoms with E-state index < -0.39 is 5.82 Å². The fourth-order valence-corrected chi connectivity index (χ4v) is 3.35. The van der Waals surface area contributed by atoms with E-state index in [9.17, 15) is 4.39 Å². The van der Waals surface area contributed by atoms with E-state index in [1.807, 2.05) is 18.2 Å². The fourth-order valence-electron chi connectivity index (χ4n) is 3.35. The van der Waals surface area contributed by atoms with Crippen LogP contribution in [0.3, 0.4) is 0 Å². The van der Waals surface area contributed by atoms with Crippen molar-refractivity contribution in [2.75, 3.05) is 38.3 Å². The first-order valence-electron chi connectivity index (χ1n) is 9.02. The number of aromatic amines is 1. The molecule has 1 saturated heterocycles. The van der Waals surface area contributed by atoms with E-state index in [0.29, 0.717) is 29.7 Å². The van der Waals surface area contributed by atoms with Crippen molar-refractivity contribution in [2.45, 2.75) is 0 Å². The number of nitrogens with zero attached hydrogens (tertiary/aromatic N) is 4. The van der Waals surface area contributed by atoms with Crippen molar-refractivity contribution in [1.29, 1.82) is 0 Å². The van der Waals surface area contributed by atoms with Gasteiger partial charge in [-0.05, 0) is 29.8 Å². The normalized spacial score (nSPS) is 15.6. The minimum atomic E-state index is -0.415. The summed E-state index contributed by atoms with van der Waals surface area (Å²) in [6.07, 6.45) is 4.77. The fraction of sp³-hybridized carbons (Fsp3) is 0.250. The number of nitrogens with two attached hydrogens (primary N) is 1. The number of hydrogen-bond donors (Lipinski definition) is 2. The molecule has 144 valence electrons. The van der Waals surface area contributed by atoms with Crippen molar-refractivity contribution in [3.8, 4) is 11.3 Å². The van der Waals surface area contributed by atoms with Crippen molar-refractivity contribution in [1.82, 2.24) is 15.2 Å². The summed E-state index contributed by atoms with van der Waals surface area (Å²) in [7, 11) is 1.64. The van der Waals surface area contributed by atoms with Crippen LogP contribution >= 0.6 is 0 Å². The van der Waals surface area contributed by atoms with E-state index in [1.54, 1.807) is 19.5 Å². The van der Waals surface area contributed by atoms with Gasteiger partial charge in [0, 0.05) is 55.3 Å². The number of fused-ring (bicyclic) bond motifs is 1. The van der Waals surface area contributed by atoms with Crippen LogP contribution in [0.1, 0.15) is 5.56 Å². The highest BCUT2D eigenvalue weighted by Crippen LogP contribution is 2.31. The number of benzene rings is 1. The average molecular weight is 380 g/mol. The molecule has 0 unspecified atom stereocenters. The third-order valence-corrected chi connectivity index (χ3v) is 4.76. The number of aliphatic imine (C=N–C) groups is 1. The van der Waals surface area contributed by atoms with E-state index >= 15 is 0 Å². The van der Waals surface area contributed by atoms with Crippen LogP contribution in [0.4, 0.5) is 10.2 Å². The summed E-state index contributed by atoms with van der Waals surface area (Å²) in [5.74, 6) is 0.446. The second-order valence-corrected chi connectivity index (χ2v) is 6.46. The van der Waals surface area contributed by atoms with Crippen LogP contribution in [0.5, 0.6) is 0 Å². The minimum Gasteiger partial charge on any atom is -0.404 e. The molecule has 3 aromatic rings. The Hall–Kier alpha value is -3.26. The van der Waals surface area contributed by atoms with Gasteiger partial charge < -0.3 is 15.4 Å². The number of rotatable bonds is 4. The van der Waals surface area contributed by atoms with Crippen molar-refractivity contribution < 1.29 is 9.13 Å². The number of halogens is 1. The second kappa shape index (κ2) is 7.77. The van der Waals surface area contributed by atoms with E-state index in [4.69, 9.17) is 10.5 Å². The zero-order chi connectivity index (χ0) is 19.5. The monoisotopic (exact) mass is 380 g/mol. The molecule has 4 rings (SSSR count). The molecule has 0 saturated carbocycles. The van der Waals surface area contributed by atoms with Gasteiger partial charge in [-0.15, -0.1) is 0 Å². The largest absolute Gasteiger partial charge is 0.404 e. The molecule has 1 aliphatic heterocycles. The molecule has 0 radical (unpaired) electrons. The third-order valence-electron chi connectivity index (χ3n) is 4.76. The van der Waals surface area contributed by atoms with Gasteiger partial charge in [-0.25, -0.2) is 9.37 Å². The van der Waals surface area contributed by atoms with Crippen LogP contribution < -0.4 is 10.6 Å². The molecule has 28 heavy (non-hydrogen) atoms. The number of nitrogens with one attached hydrogen (secondary N) is 1. The summed E-state index contributed by atoms with van der Waals surface area (Å²) >= 11 is 0. The number of pyridine rings is 1. The van der Waals surface area contributed by atoms with Gasteiger partial charge in [-0.3, -0.25) is 10.1 Å². The maximum absolute atomic E-state index is 14.7. The zero-order valence-corrected chi connectivity index (χ0v) is 15.5. The summed E-state index contributed by atoms with van der Waals surface area (Å²) in [4.78, 5) is 10.6. The zero-order valence-electron chi connectivity index (χ0n) is 15.5. The van der Waals surface area contributed by atoms with E-state index in [2.05, 4.69) is 25.1 Å². The average Bonchev–Trinajstić information content (AvgIpc) is 3.17. The smallest absolute Gasteiger partial charge is 0.151 e. The summed E-state index contributed by atoms with van der Waals surface area (Å²) < 4.78 is 20.1. The minimum absolute atomic E-state index is 0.285. The lowest BCUT2D eigenvalue weighted by Crippen LogP contribution is -2.36. The quantitative estimate of drug-likeness (QED) is 0.679. The van der Waals surface area contributed by atoms with Crippen molar-refractivity contribution in [2.24, 2.45) is 10.7 Å². The van der Waals surface area contributed by atoms with Crippen molar-refractivity contribution in [3.05, 3.63) is 48.0 Å². The summed E-state index contributed by atoms with van der Waals surface area (Å²) in [5, 5.41) is 7.82. The highest BCUT2D eigenvalue weighted by Gasteiger charge is 2.17. The summed E-state index contributed by atoms with van der Waals surface area (Å²) in [5.41, 5.74) is 8.88. The predicted molar refractivity (Wildman–Crippen MR) is 109 cm³/mol. The molecular formula is C20H21FN6O. The number of morpholine rings is 1. The van der Waals surface area contributed by atoms with Crippen LogP contribution in [0.25, 0.3) is 27.7 Å². The van der Waals surface area contributed by atoms with E-state index in [0.717, 1.165) is 30.2 Å². The van der Waals surface area contributed by atoms with Crippen molar-refractivity contribution >= 4 is 28.5 Å². The summed E-state index contributed by atoms with van der Waals surface area (Å²) in [6, 6.07) is 7.15. The Kier molecular flexibility index (Phi) is 5.03. The highest BCUT2D eigenvalue weighted by molar-refractivity contribution is 6.11. The lowest BCUT2D eigenvalue weighted by Gasteiger charge is -2.27. The van der Waals surface area contributed by atoms with Crippen LogP contribution in [-0.2, 0) is 4.74 Å². The van der Waals surface area contributed by atoms with Gasteiger partial charge in [0.1, 0.15) is 11.3 Å². The van der Waals surface area contributed by atoms with Gasteiger partial charge in [-0.1, -0.05) is 0 Å². The number of hydrogen-bond acceptors (Lipinski definition) is 6. The van der Waals surface area contributed by atoms with Gasteiger partial charge in [0.2, 0.25) is 0 Å². The van der Waals surface area contributed by atoms with Gasteiger partial charge in [0.25, 0.3) is 0 Å². The van der Waals surface area contributed by atoms with Crippen LogP contribution in [0.2, 0.25) is 0 Å². The SMILES string of the molecule is CN=CC(=CN)c1cc(F)c2n[nH]c(-c3ccnc(N4CCOCC4)c3)c2c1. The van der Waals surface area contributed by atoms with Gasteiger partial charge >= 0.3 is 0 Å². The standard InChI is InChI=1S/C20H21FN6O/c1-23-12-15(11-22)14-8-16-19(25-26-20(16)17(21)9-14)13-2-3-24-18(10-13)27-4-6-28-7-5-27/h2-3,8-12H,4-7,22H2,1H3,(H,25,26). The molecule has 3 heterocycles. The topological polar surface area (TPSA) is 92.4 Å². The molecule has 1 fully saturated rings. The van der Waals surface area contributed by atoms with Gasteiger partial charge in [0.15, 0.2) is 5.82 Å². The van der Waals surface area contributed by atoms with E-state index in [-0.39, 0.29) is 5.52 Å². The molecule has 0 spiro atoms. The first-order chi connectivity index (χ1) is 13.7. The maximum Gasteiger partial charge on any atom is 0.151 e. The maximum atomic E-state index is 14.7. The molecular weight excluding hydrogens is 359 g/mol. The molecule has 0 aliphatic carbocycles. The molecule has 1 aliphatic rings. The molecule has 7 nitrogen and oxygen atoms in total. The molecule has 3 N–H and O–H groups in total. The number of H-pyrrole nitrogens is 1. The second-order valence-electron chi connectivity index (χ2n) is 6.46. The third kappa shape index (κ3) is 3.34. The van der Waals surface area contributed by atoms with Gasteiger partial charge in [-0.2, -0.15) is 5.10 Å². The molecule has 0 amide bonds. The Morgan fingerprint density at radius 1 is 1.32 bits per heavy atom. The Bertz CT molecular complexity index is 1050. The Morgan fingerprint density at radius 3 is 2.89 bits per heavy atom. The molecule has 1 aromatic carbocycles. The molecule has 0 bridgehead atoms. The number of anilines is 1. The highest BCUT2D eigenvalue weighted by atomic mass is 19.1. The van der Waals surface area contributed by atoms with Crippen LogP contribution in [-0.4, -0.2) is 54.7 Å². The number of aromatic nitrogens is 3. The number of allylic oxidation sites excluding steroid dienone is 1. The molecule has 8 heteroatoms.